The second-order valence-electron chi connectivity index (χ2n) is 4.28. The maximum Gasteiger partial charge on any atom is 0.307 e. The van der Waals surface area contributed by atoms with Gasteiger partial charge in [-0.2, -0.15) is 16.7 Å². The average Bonchev–Trinajstić information content (AvgIpc) is 2.72. The van der Waals surface area contributed by atoms with Crippen molar-refractivity contribution >= 4 is 17.7 Å². The first-order valence-electron chi connectivity index (χ1n) is 5.43. The van der Waals surface area contributed by atoms with Crippen LogP contribution >= 0.6 is 11.8 Å². The van der Waals surface area contributed by atoms with Gasteiger partial charge < -0.3 is 9.63 Å². The lowest BCUT2D eigenvalue weighted by Gasteiger charge is -1.98. The topological polar surface area (TPSA) is 76.2 Å². The van der Waals surface area contributed by atoms with Crippen LogP contribution in [0.25, 0.3) is 0 Å². The van der Waals surface area contributed by atoms with Crippen LogP contribution in [0, 0.1) is 5.92 Å². The second-order valence-corrected chi connectivity index (χ2v) is 5.59. The van der Waals surface area contributed by atoms with E-state index in [4.69, 9.17) is 9.63 Å². The molecule has 2 fully saturated rings. The Hall–Kier alpha value is -1.04. The van der Waals surface area contributed by atoms with Crippen molar-refractivity contribution in [2.24, 2.45) is 5.92 Å². The van der Waals surface area contributed by atoms with E-state index in [0.717, 1.165) is 18.0 Å². The van der Waals surface area contributed by atoms with Crippen LogP contribution in [0.2, 0.25) is 0 Å². The molecule has 3 rings (SSSR count). The summed E-state index contributed by atoms with van der Waals surface area (Å²) >= 11 is 1.85. The third-order valence-corrected chi connectivity index (χ3v) is 4.47. The van der Waals surface area contributed by atoms with Crippen LogP contribution in [0.5, 0.6) is 0 Å². The largest absolute Gasteiger partial charge is 0.481 e. The SMILES string of the molecule is O=C(O)C1CC1c1nc(C2CCCS2)no1. The fourth-order valence-electron chi connectivity index (χ4n) is 2.05. The molecule has 2 heterocycles. The molecule has 1 aliphatic carbocycles. The van der Waals surface area contributed by atoms with Gasteiger partial charge in [0.25, 0.3) is 0 Å². The van der Waals surface area contributed by atoms with E-state index in [1.807, 2.05) is 11.8 Å². The molecule has 5 nitrogen and oxygen atoms in total. The summed E-state index contributed by atoms with van der Waals surface area (Å²) in [6.07, 6.45) is 2.92. The van der Waals surface area contributed by atoms with Gasteiger partial charge in [-0.05, 0) is 25.0 Å². The summed E-state index contributed by atoms with van der Waals surface area (Å²) in [5.41, 5.74) is 0. The fraction of sp³-hybridized carbons (Fsp3) is 0.700. The zero-order chi connectivity index (χ0) is 11.1. The van der Waals surface area contributed by atoms with Gasteiger partial charge in [0.15, 0.2) is 5.82 Å². The highest BCUT2D eigenvalue weighted by Crippen LogP contribution is 2.47. The van der Waals surface area contributed by atoms with Gasteiger partial charge in [0.2, 0.25) is 5.89 Å². The van der Waals surface area contributed by atoms with Crippen molar-refractivity contribution in [3.8, 4) is 0 Å². The number of carbonyl (C=O) groups is 1. The van der Waals surface area contributed by atoms with Crippen LogP contribution in [0.15, 0.2) is 4.52 Å². The van der Waals surface area contributed by atoms with Gasteiger partial charge >= 0.3 is 5.97 Å². The highest BCUT2D eigenvalue weighted by atomic mass is 32.2. The molecule has 0 amide bonds. The fourth-order valence-corrected chi connectivity index (χ4v) is 3.25. The van der Waals surface area contributed by atoms with E-state index in [9.17, 15) is 4.79 Å². The van der Waals surface area contributed by atoms with Crippen LogP contribution in [-0.2, 0) is 4.79 Å². The molecule has 0 spiro atoms. The molecule has 16 heavy (non-hydrogen) atoms. The molecule has 1 N–H and O–H groups in total. The van der Waals surface area contributed by atoms with Gasteiger partial charge in [0, 0.05) is 0 Å². The molecule has 1 aliphatic heterocycles. The van der Waals surface area contributed by atoms with Crippen molar-refractivity contribution in [2.45, 2.75) is 30.4 Å². The summed E-state index contributed by atoms with van der Waals surface area (Å²) in [7, 11) is 0. The first-order chi connectivity index (χ1) is 7.75. The lowest BCUT2D eigenvalue weighted by atomic mass is 10.2. The molecule has 3 unspecified atom stereocenters. The Morgan fingerprint density at radius 2 is 2.44 bits per heavy atom. The minimum Gasteiger partial charge on any atom is -0.481 e. The molecule has 1 aromatic rings. The van der Waals surface area contributed by atoms with E-state index in [2.05, 4.69) is 10.1 Å². The number of nitrogens with zero attached hydrogens (tertiary/aromatic N) is 2. The van der Waals surface area contributed by atoms with Gasteiger partial charge in [-0.3, -0.25) is 4.79 Å². The number of carboxylic acid groups (broad SMARTS) is 1. The third-order valence-electron chi connectivity index (χ3n) is 3.10. The van der Waals surface area contributed by atoms with E-state index in [1.54, 1.807) is 0 Å². The van der Waals surface area contributed by atoms with E-state index in [-0.39, 0.29) is 11.8 Å². The molecule has 6 heteroatoms. The summed E-state index contributed by atoms with van der Waals surface area (Å²) < 4.78 is 5.14. The Morgan fingerprint density at radius 3 is 3.06 bits per heavy atom. The summed E-state index contributed by atoms with van der Waals surface area (Å²) in [4.78, 5) is 15.0. The summed E-state index contributed by atoms with van der Waals surface area (Å²) in [6.45, 7) is 0. The molecule has 1 saturated heterocycles. The van der Waals surface area contributed by atoms with Gasteiger partial charge in [-0.15, -0.1) is 0 Å². The number of aromatic nitrogens is 2. The van der Waals surface area contributed by atoms with Crippen molar-refractivity contribution in [1.29, 1.82) is 0 Å². The van der Waals surface area contributed by atoms with Crippen LogP contribution < -0.4 is 0 Å². The van der Waals surface area contributed by atoms with E-state index in [0.29, 0.717) is 17.6 Å². The molecular weight excluding hydrogens is 228 g/mol. The molecule has 1 aromatic heterocycles. The first-order valence-corrected chi connectivity index (χ1v) is 6.48. The maximum absolute atomic E-state index is 10.7. The van der Waals surface area contributed by atoms with E-state index >= 15 is 0 Å². The number of rotatable bonds is 3. The zero-order valence-electron chi connectivity index (χ0n) is 8.63. The standard InChI is InChI=1S/C10H12N2O3S/c13-10(14)6-4-5(6)9-11-8(12-15-9)7-2-1-3-16-7/h5-7H,1-4H2,(H,13,14). The minimum atomic E-state index is -0.764. The Bertz CT molecular complexity index is 414. The Kier molecular flexibility index (Phi) is 2.38. The van der Waals surface area contributed by atoms with E-state index in [1.165, 1.54) is 6.42 Å². The van der Waals surface area contributed by atoms with Crippen LogP contribution in [0.3, 0.4) is 0 Å². The monoisotopic (exact) mass is 240 g/mol. The molecule has 0 aromatic carbocycles. The number of carboxylic acids is 1. The highest BCUT2D eigenvalue weighted by Gasteiger charge is 2.48. The molecule has 86 valence electrons. The molecule has 2 aliphatic rings. The van der Waals surface area contributed by atoms with Gasteiger partial charge in [0.05, 0.1) is 17.1 Å². The normalized spacial score (nSPS) is 32.9. The zero-order valence-corrected chi connectivity index (χ0v) is 9.44. The second kappa shape index (κ2) is 3.76. The van der Waals surface area contributed by atoms with Crippen molar-refractivity contribution < 1.29 is 14.4 Å². The third kappa shape index (κ3) is 1.71. The smallest absolute Gasteiger partial charge is 0.307 e. The number of thioether (sulfide) groups is 1. The Morgan fingerprint density at radius 1 is 1.56 bits per heavy atom. The van der Waals surface area contributed by atoms with Crippen molar-refractivity contribution in [3.63, 3.8) is 0 Å². The maximum atomic E-state index is 10.7. The predicted molar refractivity (Wildman–Crippen MR) is 57.2 cm³/mol. The van der Waals surface area contributed by atoms with Crippen molar-refractivity contribution in [1.82, 2.24) is 10.1 Å². The molecular formula is C10H12N2O3S. The lowest BCUT2D eigenvalue weighted by molar-refractivity contribution is -0.138. The number of hydrogen-bond acceptors (Lipinski definition) is 5. The summed E-state index contributed by atoms with van der Waals surface area (Å²) in [6, 6.07) is 0. The Labute approximate surface area is 96.6 Å². The van der Waals surface area contributed by atoms with Gasteiger partial charge in [-0.1, -0.05) is 5.16 Å². The minimum absolute atomic E-state index is 0.0508. The highest BCUT2D eigenvalue weighted by molar-refractivity contribution is 7.99. The number of hydrogen-bond donors (Lipinski definition) is 1. The van der Waals surface area contributed by atoms with Crippen LogP contribution in [0.4, 0.5) is 0 Å². The van der Waals surface area contributed by atoms with Gasteiger partial charge in [0.1, 0.15) is 0 Å². The Balaban J connectivity index is 1.71. The van der Waals surface area contributed by atoms with Crippen LogP contribution in [-0.4, -0.2) is 27.0 Å². The van der Waals surface area contributed by atoms with E-state index < -0.39 is 5.97 Å². The lowest BCUT2D eigenvalue weighted by Crippen LogP contribution is -1.99. The molecule has 0 bridgehead atoms. The molecule has 1 saturated carbocycles. The quantitative estimate of drug-likeness (QED) is 0.868. The van der Waals surface area contributed by atoms with Crippen molar-refractivity contribution in [3.05, 3.63) is 11.7 Å². The summed E-state index contributed by atoms with van der Waals surface area (Å²) in [5.74, 6) is 1.27. The first kappa shape index (κ1) is 10.1. The van der Waals surface area contributed by atoms with Crippen molar-refractivity contribution in [2.75, 3.05) is 5.75 Å². The van der Waals surface area contributed by atoms with Crippen LogP contribution in [0.1, 0.15) is 42.1 Å². The molecule has 3 atom stereocenters. The number of aliphatic carboxylic acids is 1. The van der Waals surface area contributed by atoms with Gasteiger partial charge in [-0.25, -0.2) is 0 Å². The summed E-state index contributed by atoms with van der Waals surface area (Å²) in [5, 5.41) is 13.1. The average molecular weight is 240 g/mol. The predicted octanol–water partition coefficient (Wildman–Crippen LogP) is 1.83. The molecule has 0 radical (unpaired) electrons.